The van der Waals surface area contributed by atoms with Crippen LogP contribution in [-0.4, -0.2) is 38.3 Å². The molecule has 4 rings (SSSR count). The summed E-state index contributed by atoms with van der Waals surface area (Å²) in [6, 6.07) is 17.9. The summed E-state index contributed by atoms with van der Waals surface area (Å²) in [5.41, 5.74) is 1.77. The van der Waals surface area contributed by atoms with Gasteiger partial charge >= 0.3 is 5.97 Å². The average molecular weight is 488 g/mol. The molecule has 0 saturated carbocycles. The van der Waals surface area contributed by atoms with Crippen molar-refractivity contribution in [1.82, 2.24) is 5.32 Å². The van der Waals surface area contributed by atoms with E-state index in [4.69, 9.17) is 18.9 Å². The van der Waals surface area contributed by atoms with Crippen LogP contribution in [0.25, 0.3) is 6.08 Å². The molecule has 0 fully saturated rings. The van der Waals surface area contributed by atoms with Crippen LogP contribution in [-0.2, 0) is 9.53 Å². The number of anilines is 1. The molecule has 9 nitrogen and oxygen atoms in total. The van der Waals surface area contributed by atoms with Gasteiger partial charge in [-0.3, -0.25) is 9.59 Å². The Balaban J connectivity index is 1.57. The molecule has 36 heavy (non-hydrogen) atoms. The minimum atomic E-state index is -0.557. The molecule has 0 radical (unpaired) electrons. The number of hydrogen-bond acceptors (Lipinski definition) is 7. The SMILES string of the molecule is CCOC(=O)c1ccc(NC(=O)/C(=C/c2ccc3c(c2)OCO3)NC(=O)c2ccc(OC)cc2)cc1. The molecule has 0 bridgehead atoms. The zero-order chi connectivity index (χ0) is 25.5. The first-order chi connectivity index (χ1) is 17.5. The Morgan fingerprint density at radius 2 is 1.61 bits per heavy atom. The Bertz CT molecular complexity index is 1300. The summed E-state index contributed by atoms with van der Waals surface area (Å²) in [7, 11) is 1.53. The van der Waals surface area contributed by atoms with Gasteiger partial charge in [0.05, 0.1) is 19.3 Å². The van der Waals surface area contributed by atoms with Gasteiger partial charge in [0.15, 0.2) is 11.5 Å². The zero-order valence-electron chi connectivity index (χ0n) is 19.7. The van der Waals surface area contributed by atoms with E-state index in [1.807, 2.05) is 0 Å². The molecular formula is C27H24N2O7. The number of methoxy groups -OCH3 is 1. The Morgan fingerprint density at radius 1 is 0.917 bits per heavy atom. The number of fused-ring (bicyclic) bond motifs is 1. The monoisotopic (exact) mass is 488 g/mol. The van der Waals surface area contributed by atoms with Crippen molar-refractivity contribution in [3.05, 3.63) is 89.1 Å². The number of carbonyl (C=O) groups is 3. The summed E-state index contributed by atoms with van der Waals surface area (Å²) in [4.78, 5) is 38.0. The summed E-state index contributed by atoms with van der Waals surface area (Å²) in [6.07, 6.45) is 1.53. The number of ether oxygens (including phenoxy) is 4. The van der Waals surface area contributed by atoms with Crippen LogP contribution in [0.5, 0.6) is 17.2 Å². The van der Waals surface area contributed by atoms with Crippen LogP contribution in [0.15, 0.2) is 72.4 Å². The van der Waals surface area contributed by atoms with Gasteiger partial charge in [-0.15, -0.1) is 0 Å². The van der Waals surface area contributed by atoms with Crippen molar-refractivity contribution in [3.63, 3.8) is 0 Å². The molecule has 0 unspecified atom stereocenters. The van der Waals surface area contributed by atoms with Gasteiger partial charge in [-0.25, -0.2) is 4.79 Å². The van der Waals surface area contributed by atoms with E-state index < -0.39 is 17.8 Å². The van der Waals surface area contributed by atoms with Gasteiger partial charge in [-0.05, 0) is 79.2 Å². The lowest BCUT2D eigenvalue weighted by atomic mass is 10.1. The summed E-state index contributed by atoms with van der Waals surface area (Å²) in [6.45, 7) is 2.10. The molecule has 1 aliphatic rings. The normalized spacial score (nSPS) is 12.0. The Kier molecular flexibility index (Phi) is 7.50. The van der Waals surface area contributed by atoms with Crippen molar-refractivity contribution in [2.45, 2.75) is 6.92 Å². The fourth-order valence-corrected chi connectivity index (χ4v) is 3.37. The largest absolute Gasteiger partial charge is 0.497 e. The van der Waals surface area contributed by atoms with Gasteiger partial charge < -0.3 is 29.6 Å². The molecule has 3 aromatic carbocycles. The maximum absolute atomic E-state index is 13.2. The Hall–Kier alpha value is -4.79. The first kappa shape index (κ1) is 24.3. The third-order valence-corrected chi connectivity index (χ3v) is 5.21. The summed E-state index contributed by atoms with van der Waals surface area (Å²) < 4.78 is 20.8. The Labute approximate surface area is 207 Å². The van der Waals surface area contributed by atoms with Gasteiger partial charge in [-0.2, -0.15) is 0 Å². The smallest absolute Gasteiger partial charge is 0.338 e. The highest BCUT2D eigenvalue weighted by atomic mass is 16.7. The zero-order valence-corrected chi connectivity index (χ0v) is 19.7. The lowest BCUT2D eigenvalue weighted by molar-refractivity contribution is -0.113. The first-order valence-corrected chi connectivity index (χ1v) is 11.1. The average Bonchev–Trinajstić information content (AvgIpc) is 3.37. The van der Waals surface area contributed by atoms with Crippen LogP contribution in [0.2, 0.25) is 0 Å². The van der Waals surface area contributed by atoms with Crippen LogP contribution in [0.3, 0.4) is 0 Å². The molecule has 0 spiro atoms. The van der Waals surface area contributed by atoms with E-state index in [2.05, 4.69) is 10.6 Å². The van der Waals surface area contributed by atoms with Crippen LogP contribution < -0.4 is 24.8 Å². The van der Waals surface area contributed by atoms with Crippen LogP contribution in [0, 0.1) is 0 Å². The fraction of sp³-hybridized carbons (Fsp3) is 0.148. The molecule has 0 aromatic heterocycles. The maximum Gasteiger partial charge on any atom is 0.338 e. The van der Waals surface area contributed by atoms with Crippen LogP contribution in [0.4, 0.5) is 5.69 Å². The summed E-state index contributed by atoms with van der Waals surface area (Å²) >= 11 is 0. The Morgan fingerprint density at radius 3 is 2.31 bits per heavy atom. The molecule has 2 N–H and O–H groups in total. The van der Waals surface area contributed by atoms with Crippen molar-refractivity contribution in [3.8, 4) is 17.2 Å². The highest BCUT2D eigenvalue weighted by Crippen LogP contribution is 2.33. The minimum absolute atomic E-state index is 0.00384. The van der Waals surface area contributed by atoms with Crippen molar-refractivity contribution in [2.75, 3.05) is 25.8 Å². The molecule has 2 amide bonds. The van der Waals surface area contributed by atoms with Crippen molar-refractivity contribution in [1.29, 1.82) is 0 Å². The van der Waals surface area contributed by atoms with Crippen LogP contribution in [0.1, 0.15) is 33.2 Å². The molecule has 0 saturated heterocycles. The second-order valence-electron chi connectivity index (χ2n) is 7.61. The predicted octanol–water partition coefficient (Wildman–Crippen LogP) is 4.01. The fourth-order valence-electron chi connectivity index (χ4n) is 3.37. The number of hydrogen-bond donors (Lipinski definition) is 2. The maximum atomic E-state index is 13.2. The number of rotatable bonds is 8. The molecule has 184 valence electrons. The molecule has 0 atom stereocenters. The molecule has 9 heteroatoms. The minimum Gasteiger partial charge on any atom is -0.497 e. The van der Waals surface area contributed by atoms with Gasteiger partial charge in [0.1, 0.15) is 11.4 Å². The lowest BCUT2D eigenvalue weighted by Crippen LogP contribution is -2.30. The second-order valence-corrected chi connectivity index (χ2v) is 7.61. The second kappa shape index (κ2) is 11.1. The van der Waals surface area contributed by atoms with Gasteiger partial charge in [0.25, 0.3) is 11.8 Å². The van der Waals surface area contributed by atoms with Gasteiger partial charge in [-0.1, -0.05) is 6.07 Å². The first-order valence-electron chi connectivity index (χ1n) is 11.1. The lowest BCUT2D eigenvalue weighted by Gasteiger charge is -2.12. The van der Waals surface area contributed by atoms with E-state index in [0.29, 0.717) is 39.6 Å². The third kappa shape index (κ3) is 5.82. The van der Waals surface area contributed by atoms with Gasteiger partial charge in [0.2, 0.25) is 6.79 Å². The number of esters is 1. The van der Waals surface area contributed by atoms with E-state index in [0.717, 1.165) is 0 Å². The molecule has 0 aliphatic carbocycles. The summed E-state index contributed by atoms with van der Waals surface area (Å²) in [5, 5.41) is 5.41. The highest BCUT2D eigenvalue weighted by Gasteiger charge is 2.18. The number of carbonyl (C=O) groups excluding carboxylic acids is 3. The van der Waals surface area contributed by atoms with Crippen molar-refractivity contribution in [2.24, 2.45) is 0 Å². The van der Waals surface area contributed by atoms with E-state index in [1.54, 1.807) is 73.7 Å². The van der Waals surface area contributed by atoms with Gasteiger partial charge in [0, 0.05) is 11.3 Å². The van der Waals surface area contributed by atoms with E-state index in [9.17, 15) is 14.4 Å². The molecular weight excluding hydrogens is 464 g/mol. The number of benzene rings is 3. The van der Waals surface area contributed by atoms with Crippen LogP contribution >= 0.6 is 0 Å². The third-order valence-electron chi connectivity index (χ3n) is 5.21. The van der Waals surface area contributed by atoms with E-state index >= 15 is 0 Å². The number of amides is 2. The molecule has 1 aliphatic heterocycles. The quantitative estimate of drug-likeness (QED) is 0.364. The highest BCUT2D eigenvalue weighted by molar-refractivity contribution is 6.10. The number of nitrogens with one attached hydrogen (secondary N) is 2. The van der Waals surface area contributed by atoms with E-state index in [-0.39, 0.29) is 19.1 Å². The molecule has 3 aromatic rings. The molecule has 1 heterocycles. The predicted molar refractivity (Wildman–Crippen MR) is 132 cm³/mol. The standard InChI is InChI=1S/C27H24N2O7/c1-3-34-27(32)19-5-9-20(10-6-19)28-26(31)22(14-17-4-13-23-24(15-17)36-16-35-23)29-25(30)18-7-11-21(33-2)12-8-18/h4-15H,3,16H2,1-2H3,(H,28,31)(H,29,30)/b22-14-. The topological polar surface area (TPSA) is 112 Å². The van der Waals surface area contributed by atoms with Crippen molar-refractivity contribution < 1.29 is 33.3 Å². The van der Waals surface area contributed by atoms with Crippen molar-refractivity contribution >= 4 is 29.5 Å². The van der Waals surface area contributed by atoms with E-state index in [1.165, 1.54) is 13.2 Å². The summed E-state index contributed by atoms with van der Waals surface area (Å²) in [5.74, 6) is 0.259.